The van der Waals surface area contributed by atoms with E-state index >= 15 is 0 Å². The molecule has 140 valence electrons. The van der Waals surface area contributed by atoms with Crippen molar-refractivity contribution in [3.8, 4) is 0 Å². The Balaban J connectivity index is 1.65. The van der Waals surface area contributed by atoms with Gasteiger partial charge >= 0.3 is 0 Å². The molecule has 1 aromatic heterocycles. The standard InChI is InChI=1S/C16H12F2N4O3S2/c17-10-5-7-11(8-6-10)20-15(23)16-22-21-14(26-16)9-19-27(24,25)13-4-2-1-3-12(13)18/h1-8,19H,9H2,(H,20,23). The minimum Gasteiger partial charge on any atom is -0.320 e. The number of nitrogens with zero attached hydrogens (tertiary/aromatic N) is 2. The van der Waals surface area contributed by atoms with E-state index in [4.69, 9.17) is 0 Å². The Labute approximate surface area is 157 Å². The molecule has 7 nitrogen and oxygen atoms in total. The van der Waals surface area contributed by atoms with Gasteiger partial charge < -0.3 is 5.32 Å². The summed E-state index contributed by atoms with van der Waals surface area (Å²) in [6, 6.07) is 10.1. The van der Waals surface area contributed by atoms with Crippen LogP contribution >= 0.6 is 11.3 Å². The van der Waals surface area contributed by atoms with Gasteiger partial charge in [-0.15, -0.1) is 10.2 Å². The van der Waals surface area contributed by atoms with Crippen LogP contribution in [0.1, 0.15) is 14.8 Å². The fourth-order valence-electron chi connectivity index (χ4n) is 2.03. The molecule has 0 bridgehead atoms. The van der Waals surface area contributed by atoms with Crippen LogP contribution in [0.3, 0.4) is 0 Å². The average Bonchev–Trinajstić information content (AvgIpc) is 3.11. The van der Waals surface area contributed by atoms with Crippen molar-refractivity contribution in [3.63, 3.8) is 0 Å². The molecule has 11 heteroatoms. The highest BCUT2D eigenvalue weighted by Crippen LogP contribution is 2.16. The molecule has 0 aliphatic rings. The van der Waals surface area contributed by atoms with Gasteiger partial charge in [0.1, 0.15) is 21.5 Å². The van der Waals surface area contributed by atoms with Gasteiger partial charge in [-0.2, -0.15) is 0 Å². The number of hydrogen-bond acceptors (Lipinski definition) is 6. The summed E-state index contributed by atoms with van der Waals surface area (Å²) in [4.78, 5) is 11.6. The van der Waals surface area contributed by atoms with Crippen molar-refractivity contribution in [1.29, 1.82) is 0 Å². The lowest BCUT2D eigenvalue weighted by Crippen LogP contribution is -2.24. The predicted molar refractivity (Wildman–Crippen MR) is 94.7 cm³/mol. The number of aromatic nitrogens is 2. The van der Waals surface area contributed by atoms with E-state index in [1.807, 2.05) is 0 Å². The van der Waals surface area contributed by atoms with Crippen molar-refractivity contribution >= 4 is 33.0 Å². The maximum Gasteiger partial charge on any atom is 0.286 e. The lowest BCUT2D eigenvalue weighted by atomic mass is 10.3. The van der Waals surface area contributed by atoms with Crippen molar-refractivity contribution in [1.82, 2.24) is 14.9 Å². The number of carbonyl (C=O) groups excluding carboxylic acids is 1. The first-order valence-corrected chi connectivity index (χ1v) is 9.78. The summed E-state index contributed by atoms with van der Waals surface area (Å²) < 4.78 is 53.0. The highest BCUT2D eigenvalue weighted by molar-refractivity contribution is 7.89. The Bertz CT molecular complexity index is 1070. The lowest BCUT2D eigenvalue weighted by Gasteiger charge is -2.05. The molecule has 0 radical (unpaired) electrons. The third-order valence-electron chi connectivity index (χ3n) is 3.30. The highest BCUT2D eigenvalue weighted by Gasteiger charge is 2.20. The van der Waals surface area contributed by atoms with E-state index in [2.05, 4.69) is 20.2 Å². The predicted octanol–water partition coefficient (Wildman–Crippen LogP) is 2.55. The number of nitrogens with one attached hydrogen (secondary N) is 2. The second-order valence-corrected chi connectivity index (χ2v) is 8.01. The smallest absolute Gasteiger partial charge is 0.286 e. The summed E-state index contributed by atoms with van der Waals surface area (Å²) in [6.45, 7) is -0.252. The Hall–Kier alpha value is -2.76. The number of anilines is 1. The van der Waals surface area contributed by atoms with Crippen LogP contribution in [-0.2, 0) is 16.6 Å². The zero-order valence-corrected chi connectivity index (χ0v) is 15.2. The number of benzene rings is 2. The molecule has 1 heterocycles. The van der Waals surface area contributed by atoms with E-state index in [1.54, 1.807) is 0 Å². The highest BCUT2D eigenvalue weighted by atomic mass is 32.2. The van der Waals surface area contributed by atoms with Crippen molar-refractivity contribution in [3.05, 3.63) is 70.2 Å². The zero-order chi connectivity index (χ0) is 19.4. The van der Waals surface area contributed by atoms with E-state index in [0.29, 0.717) is 5.69 Å². The van der Waals surface area contributed by atoms with Crippen molar-refractivity contribution < 1.29 is 22.0 Å². The molecule has 27 heavy (non-hydrogen) atoms. The molecule has 0 unspecified atom stereocenters. The quantitative estimate of drug-likeness (QED) is 0.650. The van der Waals surface area contributed by atoms with Gasteiger partial charge in [-0.05, 0) is 36.4 Å². The molecular formula is C16H12F2N4O3S2. The van der Waals surface area contributed by atoms with Crippen molar-refractivity contribution in [2.24, 2.45) is 0 Å². The first kappa shape index (κ1) is 19.0. The van der Waals surface area contributed by atoms with Gasteiger partial charge in [-0.25, -0.2) is 21.9 Å². The monoisotopic (exact) mass is 410 g/mol. The van der Waals surface area contributed by atoms with Gasteiger partial charge in [0.15, 0.2) is 0 Å². The van der Waals surface area contributed by atoms with Gasteiger partial charge in [0, 0.05) is 5.69 Å². The van der Waals surface area contributed by atoms with E-state index in [-0.39, 0.29) is 16.6 Å². The molecule has 0 fully saturated rings. The second kappa shape index (κ2) is 7.86. The van der Waals surface area contributed by atoms with E-state index in [1.165, 1.54) is 36.4 Å². The summed E-state index contributed by atoms with van der Waals surface area (Å²) in [5.41, 5.74) is 0.374. The Morgan fingerprint density at radius 3 is 2.44 bits per heavy atom. The van der Waals surface area contributed by atoms with Crippen molar-refractivity contribution in [2.75, 3.05) is 5.32 Å². The summed E-state index contributed by atoms with van der Waals surface area (Å²) in [5.74, 6) is -1.88. The third-order valence-corrected chi connectivity index (χ3v) is 5.66. The van der Waals surface area contributed by atoms with Gasteiger partial charge in [0.25, 0.3) is 5.91 Å². The Morgan fingerprint density at radius 2 is 1.74 bits per heavy atom. The first-order chi connectivity index (χ1) is 12.8. The van der Waals surface area contributed by atoms with E-state index < -0.39 is 32.5 Å². The summed E-state index contributed by atoms with van der Waals surface area (Å²) in [5, 5.41) is 10.2. The Kier molecular flexibility index (Phi) is 5.54. The molecule has 0 spiro atoms. The fourth-order valence-corrected chi connectivity index (χ4v) is 3.86. The molecule has 0 saturated carbocycles. The normalized spacial score (nSPS) is 11.3. The minimum absolute atomic E-state index is 0.000542. The van der Waals surface area contributed by atoms with Crippen LogP contribution in [0, 0.1) is 11.6 Å². The van der Waals surface area contributed by atoms with Crippen LogP contribution in [0.5, 0.6) is 0 Å². The van der Waals surface area contributed by atoms with Crippen LogP contribution < -0.4 is 10.0 Å². The fraction of sp³-hybridized carbons (Fsp3) is 0.0625. The molecule has 3 rings (SSSR count). The number of amides is 1. The summed E-state index contributed by atoms with van der Waals surface area (Å²) >= 11 is 0.874. The largest absolute Gasteiger partial charge is 0.320 e. The average molecular weight is 410 g/mol. The van der Waals surface area contributed by atoms with Crippen LogP contribution in [-0.4, -0.2) is 24.5 Å². The maximum absolute atomic E-state index is 13.6. The number of rotatable bonds is 6. The zero-order valence-electron chi connectivity index (χ0n) is 13.5. The van der Waals surface area contributed by atoms with Gasteiger partial charge in [0.05, 0.1) is 6.54 Å². The molecule has 0 aliphatic heterocycles. The van der Waals surface area contributed by atoms with Gasteiger partial charge in [0.2, 0.25) is 15.0 Å². The molecule has 1 amide bonds. The number of sulfonamides is 1. The lowest BCUT2D eigenvalue weighted by molar-refractivity contribution is 0.102. The molecular weight excluding hydrogens is 398 g/mol. The van der Waals surface area contributed by atoms with Crippen LogP contribution in [0.2, 0.25) is 0 Å². The van der Waals surface area contributed by atoms with Gasteiger partial charge in [-0.1, -0.05) is 23.5 Å². The molecule has 0 aliphatic carbocycles. The molecule has 3 aromatic rings. The minimum atomic E-state index is -4.07. The van der Waals surface area contributed by atoms with E-state index in [9.17, 15) is 22.0 Å². The first-order valence-electron chi connectivity index (χ1n) is 7.48. The molecule has 2 aromatic carbocycles. The second-order valence-electron chi connectivity index (χ2n) is 5.22. The molecule has 2 N–H and O–H groups in total. The van der Waals surface area contributed by atoms with Crippen LogP contribution in [0.15, 0.2) is 53.4 Å². The number of hydrogen-bond donors (Lipinski definition) is 2. The summed E-state index contributed by atoms with van der Waals surface area (Å²) in [6.07, 6.45) is 0. The van der Waals surface area contributed by atoms with Crippen LogP contribution in [0.4, 0.5) is 14.5 Å². The summed E-state index contributed by atoms with van der Waals surface area (Å²) in [7, 11) is -4.07. The SMILES string of the molecule is O=C(Nc1ccc(F)cc1)c1nnc(CNS(=O)(=O)c2ccccc2F)s1. The van der Waals surface area contributed by atoms with Crippen molar-refractivity contribution in [2.45, 2.75) is 11.4 Å². The Morgan fingerprint density at radius 1 is 1.04 bits per heavy atom. The third kappa shape index (κ3) is 4.70. The van der Waals surface area contributed by atoms with Crippen LogP contribution in [0.25, 0.3) is 0 Å². The van der Waals surface area contributed by atoms with Gasteiger partial charge in [-0.3, -0.25) is 4.79 Å². The van der Waals surface area contributed by atoms with E-state index in [0.717, 1.165) is 23.5 Å². The topological polar surface area (TPSA) is 101 Å². The number of carbonyl (C=O) groups is 1. The molecule has 0 atom stereocenters. The number of halogens is 2. The maximum atomic E-state index is 13.6. The molecule has 0 saturated heterocycles.